The van der Waals surface area contributed by atoms with Crippen LogP contribution < -0.4 is 4.74 Å². The number of aromatic nitrogens is 1. The highest BCUT2D eigenvalue weighted by Gasteiger charge is 2.18. The normalized spacial score (nSPS) is 10.1. The number of hydrogen-bond acceptors (Lipinski definition) is 4. The molecule has 1 heterocycles. The predicted molar refractivity (Wildman–Crippen MR) is 62.8 cm³/mol. The van der Waals surface area contributed by atoms with Crippen molar-refractivity contribution in [3.63, 3.8) is 0 Å². The van der Waals surface area contributed by atoms with Crippen molar-refractivity contribution in [3.05, 3.63) is 52.3 Å². The summed E-state index contributed by atoms with van der Waals surface area (Å²) in [5.74, 6) is -0.244. The van der Waals surface area contributed by atoms with E-state index in [1.807, 2.05) is 0 Å². The van der Waals surface area contributed by atoms with E-state index in [1.54, 1.807) is 6.07 Å². The smallest absolute Gasteiger partial charge is 0.295 e. The van der Waals surface area contributed by atoms with Crippen LogP contribution in [0.5, 0.6) is 5.88 Å². The maximum atomic E-state index is 13.1. The number of ether oxygens (including phenoxy) is 1. The van der Waals surface area contributed by atoms with Crippen LogP contribution >= 0.6 is 0 Å². The van der Waals surface area contributed by atoms with Gasteiger partial charge < -0.3 is 4.74 Å². The van der Waals surface area contributed by atoms with Crippen molar-refractivity contribution < 1.29 is 14.1 Å². The average molecular weight is 248 g/mol. The fraction of sp³-hybridized carbons (Fsp3) is 0.0833. The van der Waals surface area contributed by atoms with E-state index in [-0.39, 0.29) is 17.3 Å². The Hall–Kier alpha value is -2.50. The van der Waals surface area contributed by atoms with E-state index in [1.165, 1.54) is 37.4 Å². The molecule has 1 aromatic carbocycles. The van der Waals surface area contributed by atoms with Crippen LogP contribution in [0.2, 0.25) is 0 Å². The molecule has 0 bridgehead atoms. The molecule has 1 aromatic heterocycles. The molecule has 0 saturated carbocycles. The first kappa shape index (κ1) is 12.0. The molecule has 0 saturated heterocycles. The highest BCUT2D eigenvalue weighted by Crippen LogP contribution is 2.30. The molecule has 2 rings (SSSR count). The van der Waals surface area contributed by atoms with Gasteiger partial charge >= 0.3 is 0 Å². The first-order chi connectivity index (χ1) is 8.61. The summed E-state index contributed by atoms with van der Waals surface area (Å²) < 4.78 is 18.1. The predicted octanol–water partition coefficient (Wildman–Crippen LogP) is 2.80. The fourth-order valence-corrected chi connectivity index (χ4v) is 1.54. The Morgan fingerprint density at radius 3 is 2.72 bits per heavy atom. The summed E-state index contributed by atoms with van der Waals surface area (Å²) in [6, 6.07) is 8.14. The van der Waals surface area contributed by atoms with Crippen molar-refractivity contribution in [2.45, 2.75) is 0 Å². The van der Waals surface area contributed by atoms with Crippen LogP contribution in [0.25, 0.3) is 11.3 Å². The van der Waals surface area contributed by atoms with E-state index in [2.05, 4.69) is 4.98 Å². The second kappa shape index (κ2) is 4.79. The van der Waals surface area contributed by atoms with Gasteiger partial charge in [0.2, 0.25) is 5.88 Å². The maximum absolute atomic E-state index is 13.1. The lowest BCUT2D eigenvalue weighted by molar-refractivity contribution is -0.384. The van der Waals surface area contributed by atoms with E-state index >= 15 is 0 Å². The van der Waals surface area contributed by atoms with E-state index in [0.29, 0.717) is 5.56 Å². The molecule has 6 heteroatoms. The molecule has 0 spiro atoms. The molecule has 5 nitrogen and oxygen atoms in total. The molecule has 0 aliphatic rings. The van der Waals surface area contributed by atoms with Gasteiger partial charge in [-0.3, -0.25) is 10.1 Å². The molecule has 0 radical (unpaired) electrons. The van der Waals surface area contributed by atoms with Gasteiger partial charge in [-0.05, 0) is 12.1 Å². The van der Waals surface area contributed by atoms with Crippen LogP contribution in [-0.2, 0) is 0 Å². The zero-order chi connectivity index (χ0) is 13.1. The molecule has 0 atom stereocenters. The Balaban J connectivity index is 2.63. The molecule has 0 aliphatic heterocycles. The van der Waals surface area contributed by atoms with Crippen molar-refractivity contribution in [3.8, 4) is 17.1 Å². The third-order valence-electron chi connectivity index (χ3n) is 2.35. The van der Waals surface area contributed by atoms with Crippen molar-refractivity contribution in [1.82, 2.24) is 4.98 Å². The highest BCUT2D eigenvalue weighted by atomic mass is 19.1. The van der Waals surface area contributed by atoms with E-state index in [0.717, 1.165) is 0 Å². The lowest BCUT2D eigenvalue weighted by Gasteiger charge is -2.05. The standard InChI is InChI=1S/C12H9FN2O3/c1-18-11-6-5-10(15(16)17)12(14-11)8-3-2-4-9(13)7-8/h2-7H,1H3. The van der Waals surface area contributed by atoms with Gasteiger partial charge in [-0.15, -0.1) is 0 Å². The van der Waals surface area contributed by atoms with Crippen LogP contribution in [0, 0.1) is 15.9 Å². The van der Waals surface area contributed by atoms with Crippen LogP contribution in [0.3, 0.4) is 0 Å². The van der Waals surface area contributed by atoms with Crippen molar-refractivity contribution in [1.29, 1.82) is 0 Å². The number of hydrogen-bond donors (Lipinski definition) is 0. The van der Waals surface area contributed by atoms with E-state index < -0.39 is 10.7 Å². The molecule has 18 heavy (non-hydrogen) atoms. The van der Waals surface area contributed by atoms with Crippen molar-refractivity contribution in [2.75, 3.05) is 7.11 Å². The lowest BCUT2D eigenvalue weighted by Crippen LogP contribution is -1.97. The average Bonchev–Trinajstić information content (AvgIpc) is 2.38. The van der Waals surface area contributed by atoms with Crippen LogP contribution in [0.1, 0.15) is 0 Å². The maximum Gasteiger partial charge on any atom is 0.295 e. The Morgan fingerprint density at radius 2 is 2.11 bits per heavy atom. The third kappa shape index (κ3) is 2.27. The number of nitrogens with zero attached hydrogens (tertiary/aromatic N) is 2. The Labute approximate surface area is 102 Å². The monoisotopic (exact) mass is 248 g/mol. The summed E-state index contributed by atoms with van der Waals surface area (Å²) >= 11 is 0. The summed E-state index contributed by atoms with van der Waals surface area (Å²) in [6.07, 6.45) is 0. The van der Waals surface area contributed by atoms with Gasteiger partial charge in [0.1, 0.15) is 5.82 Å². The van der Waals surface area contributed by atoms with Gasteiger partial charge in [0.05, 0.1) is 12.0 Å². The number of nitro groups is 1. The Kier molecular flexibility index (Phi) is 3.18. The molecule has 0 fully saturated rings. The molecular formula is C12H9FN2O3. The first-order valence-corrected chi connectivity index (χ1v) is 5.07. The molecule has 0 unspecified atom stereocenters. The summed E-state index contributed by atoms with van der Waals surface area (Å²) in [5, 5.41) is 10.9. The topological polar surface area (TPSA) is 65.3 Å². The summed E-state index contributed by atoms with van der Waals surface area (Å²) in [6.45, 7) is 0. The number of halogens is 1. The SMILES string of the molecule is COc1ccc([N+](=O)[O-])c(-c2cccc(F)c2)n1. The minimum Gasteiger partial charge on any atom is -0.481 e. The zero-order valence-electron chi connectivity index (χ0n) is 9.46. The second-order valence-electron chi connectivity index (χ2n) is 3.49. The molecule has 0 amide bonds. The molecule has 0 aliphatic carbocycles. The number of pyridine rings is 1. The van der Waals surface area contributed by atoms with Gasteiger partial charge in [-0.2, -0.15) is 0 Å². The fourth-order valence-electron chi connectivity index (χ4n) is 1.54. The van der Waals surface area contributed by atoms with Crippen molar-refractivity contribution in [2.24, 2.45) is 0 Å². The number of methoxy groups -OCH3 is 1. The number of benzene rings is 1. The minimum absolute atomic E-state index is 0.0823. The van der Waals surface area contributed by atoms with Gasteiger partial charge in [0.25, 0.3) is 5.69 Å². The zero-order valence-corrected chi connectivity index (χ0v) is 9.46. The van der Waals surface area contributed by atoms with Gasteiger partial charge in [-0.25, -0.2) is 9.37 Å². The van der Waals surface area contributed by atoms with Crippen LogP contribution in [0.4, 0.5) is 10.1 Å². The van der Waals surface area contributed by atoms with E-state index in [9.17, 15) is 14.5 Å². The van der Waals surface area contributed by atoms with Gasteiger partial charge in [0, 0.05) is 17.7 Å². The van der Waals surface area contributed by atoms with Crippen LogP contribution in [-0.4, -0.2) is 17.0 Å². The lowest BCUT2D eigenvalue weighted by atomic mass is 10.1. The highest BCUT2D eigenvalue weighted by molar-refractivity contribution is 5.69. The second-order valence-corrected chi connectivity index (χ2v) is 3.49. The number of rotatable bonds is 3. The Bertz CT molecular complexity index is 602. The molecule has 92 valence electrons. The molecular weight excluding hydrogens is 239 g/mol. The van der Waals surface area contributed by atoms with Crippen LogP contribution in [0.15, 0.2) is 36.4 Å². The van der Waals surface area contributed by atoms with Gasteiger partial charge in [0.15, 0.2) is 5.69 Å². The molecule has 0 N–H and O–H groups in total. The quantitative estimate of drug-likeness (QED) is 0.618. The summed E-state index contributed by atoms with van der Waals surface area (Å²) in [5.41, 5.74) is 0.223. The third-order valence-corrected chi connectivity index (χ3v) is 2.35. The minimum atomic E-state index is -0.563. The largest absolute Gasteiger partial charge is 0.481 e. The van der Waals surface area contributed by atoms with E-state index in [4.69, 9.17) is 4.74 Å². The van der Waals surface area contributed by atoms with Crippen molar-refractivity contribution >= 4 is 5.69 Å². The summed E-state index contributed by atoms with van der Waals surface area (Å²) in [7, 11) is 1.41. The summed E-state index contributed by atoms with van der Waals surface area (Å²) in [4.78, 5) is 14.3. The Morgan fingerprint density at radius 1 is 1.33 bits per heavy atom. The molecule has 2 aromatic rings. The first-order valence-electron chi connectivity index (χ1n) is 5.07. The van der Waals surface area contributed by atoms with Gasteiger partial charge in [-0.1, -0.05) is 12.1 Å².